The van der Waals surface area contributed by atoms with Crippen LogP contribution in [0.25, 0.3) is 10.8 Å². The highest BCUT2D eigenvalue weighted by Gasteiger charge is 2.14. The van der Waals surface area contributed by atoms with E-state index in [2.05, 4.69) is 51.1 Å². The second-order valence-corrected chi connectivity index (χ2v) is 6.02. The smallest absolute Gasteiger partial charge is 0.135 e. The predicted octanol–water partition coefficient (Wildman–Crippen LogP) is 5.66. The molecule has 0 aliphatic heterocycles. The van der Waals surface area contributed by atoms with Crippen molar-refractivity contribution in [2.75, 3.05) is 0 Å². The van der Waals surface area contributed by atoms with E-state index < -0.39 is 0 Å². The number of fused-ring (bicyclic) bond motifs is 1. The Morgan fingerprint density at radius 2 is 1.70 bits per heavy atom. The second-order valence-electron chi connectivity index (χ2n) is 6.02. The number of ether oxygens (including phenoxy) is 1. The molecule has 0 radical (unpaired) electrons. The average molecular weight is 305 g/mol. The van der Waals surface area contributed by atoms with E-state index in [1.165, 1.54) is 5.39 Å². The molecule has 0 aromatic heterocycles. The Kier molecular flexibility index (Phi) is 4.35. The minimum atomic E-state index is 0.0467. The molecule has 2 N–H and O–H groups in total. The highest BCUT2D eigenvalue weighted by atomic mass is 16.5. The Morgan fingerprint density at radius 1 is 0.957 bits per heavy atom. The molecule has 0 spiro atoms. The van der Waals surface area contributed by atoms with Gasteiger partial charge in [-0.3, -0.25) is 0 Å². The number of rotatable bonds is 4. The normalized spacial score (nSPS) is 12.3. The van der Waals surface area contributed by atoms with Crippen LogP contribution in [0.5, 0.6) is 11.5 Å². The van der Waals surface area contributed by atoms with Crippen LogP contribution in [0, 0.1) is 13.8 Å². The molecular formula is C21H23NO. The van der Waals surface area contributed by atoms with Crippen LogP contribution in [0.1, 0.15) is 36.1 Å². The summed E-state index contributed by atoms with van der Waals surface area (Å²) in [5.41, 5.74) is 9.66. The van der Waals surface area contributed by atoms with Gasteiger partial charge in [-0.05, 0) is 48.4 Å². The first-order chi connectivity index (χ1) is 11.1. The minimum Gasteiger partial charge on any atom is -0.456 e. The van der Waals surface area contributed by atoms with Crippen molar-refractivity contribution < 1.29 is 4.74 Å². The van der Waals surface area contributed by atoms with Gasteiger partial charge in [0.15, 0.2) is 0 Å². The molecule has 3 aromatic rings. The van der Waals surface area contributed by atoms with Crippen molar-refractivity contribution in [3.8, 4) is 11.5 Å². The van der Waals surface area contributed by atoms with Crippen molar-refractivity contribution in [2.45, 2.75) is 33.2 Å². The van der Waals surface area contributed by atoms with Crippen molar-refractivity contribution in [2.24, 2.45) is 5.73 Å². The van der Waals surface area contributed by atoms with Crippen molar-refractivity contribution in [3.05, 3.63) is 71.3 Å². The van der Waals surface area contributed by atoms with Gasteiger partial charge in [0.2, 0.25) is 0 Å². The van der Waals surface area contributed by atoms with Crippen LogP contribution in [-0.4, -0.2) is 0 Å². The van der Waals surface area contributed by atoms with E-state index in [0.717, 1.165) is 40.0 Å². The Balaban J connectivity index is 2.09. The van der Waals surface area contributed by atoms with Gasteiger partial charge in [-0.1, -0.05) is 55.5 Å². The third-order valence-corrected chi connectivity index (χ3v) is 4.45. The molecule has 2 nitrogen and oxygen atoms in total. The van der Waals surface area contributed by atoms with E-state index in [9.17, 15) is 0 Å². The lowest BCUT2D eigenvalue weighted by Crippen LogP contribution is -2.11. The van der Waals surface area contributed by atoms with Crippen LogP contribution < -0.4 is 10.5 Å². The third-order valence-electron chi connectivity index (χ3n) is 4.45. The van der Waals surface area contributed by atoms with Crippen LogP contribution in [0.2, 0.25) is 0 Å². The molecule has 1 atom stereocenters. The van der Waals surface area contributed by atoms with Crippen molar-refractivity contribution in [3.63, 3.8) is 0 Å². The van der Waals surface area contributed by atoms with Crippen molar-refractivity contribution >= 4 is 10.8 Å². The van der Waals surface area contributed by atoms with Gasteiger partial charge in [0.1, 0.15) is 11.5 Å². The molecule has 0 amide bonds. The maximum atomic E-state index is 6.33. The summed E-state index contributed by atoms with van der Waals surface area (Å²) >= 11 is 0. The first-order valence-electron chi connectivity index (χ1n) is 8.13. The largest absolute Gasteiger partial charge is 0.456 e. The molecule has 3 rings (SSSR count). The average Bonchev–Trinajstić information content (AvgIpc) is 2.58. The number of hydrogen-bond acceptors (Lipinski definition) is 2. The standard InChI is InChI=1S/C21H23NO/c1-4-19(22)17-13-12-14(2)21(15(17)3)23-20-11-7-9-16-8-5-6-10-18(16)20/h5-13,19H,4,22H2,1-3H3/t19-/m0/s1. The van der Waals surface area contributed by atoms with E-state index in [1.54, 1.807) is 0 Å². The summed E-state index contributed by atoms with van der Waals surface area (Å²) in [5, 5.41) is 2.31. The first kappa shape index (κ1) is 15.6. The molecular weight excluding hydrogens is 282 g/mol. The maximum Gasteiger partial charge on any atom is 0.135 e. The van der Waals surface area contributed by atoms with E-state index in [0.29, 0.717) is 0 Å². The summed E-state index contributed by atoms with van der Waals surface area (Å²) in [7, 11) is 0. The summed E-state index contributed by atoms with van der Waals surface area (Å²) in [5.74, 6) is 1.80. The Bertz CT molecular complexity index is 833. The van der Waals surface area contributed by atoms with E-state index >= 15 is 0 Å². The molecule has 0 unspecified atom stereocenters. The van der Waals surface area contributed by atoms with Crippen molar-refractivity contribution in [1.29, 1.82) is 0 Å². The zero-order valence-corrected chi connectivity index (χ0v) is 14.0. The van der Waals surface area contributed by atoms with Crippen LogP contribution in [-0.2, 0) is 0 Å². The molecule has 0 aliphatic carbocycles. The Morgan fingerprint density at radius 3 is 2.48 bits per heavy atom. The molecule has 23 heavy (non-hydrogen) atoms. The van der Waals surface area contributed by atoms with Gasteiger partial charge < -0.3 is 10.5 Å². The quantitative estimate of drug-likeness (QED) is 0.675. The topological polar surface area (TPSA) is 35.2 Å². The second kappa shape index (κ2) is 6.43. The lowest BCUT2D eigenvalue weighted by molar-refractivity contribution is 0.478. The molecule has 0 saturated carbocycles. The molecule has 118 valence electrons. The van der Waals surface area contributed by atoms with Crippen LogP contribution in [0.3, 0.4) is 0 Å². The number of nitrogens with two attached hydrogens (primary N) is 1. The highest BCUT2D eigenvalue weighted by molar-refractivity contribution is 5.88. The highest BCUT2D eigenvalue weighted by Crippen LogP contribution is 2.36. The molecule has 0 bridgehead atoms. The maximum absolute atomic E-state index is 6.33. The predicted molar refractivity (Wildman–Crippen MR) is 97.2 cm³/mol. The number of hydrogen-bond donors (Lipinski definition) is 1. The Labute approximate surface area is 137 Å². The first-order valence-corrected chi connectivity index (χ1v) is 8.13. The fourth-order valence-corrected chi connectivity index (χ4v) is 3.02. The molecule has 0 heterocycles. The Hall–Kier alpha value is -2.32. The van der Waals surface area contributed by atoms with Crippen LogP contribution >= 0.6 is 0 Å². The monoisotopic (exact) mass is 305 g/mol. The van der Waals surface area contributed by atoms with Gasteiger partial charge in [0.25, 0.3) is 0 Å². The van der Waals surface area contributed by atoms with Gasteiger partial charge in [-0.2, -0.15) is 0 Å². The van der Waals surface area contributed by atoms with Gasteiger partial charge in [0, 0.05) is 11.4 Å². The van der Waals surface area contributed by atoms with Crippen LogP contribution in [0.4, 0.5) is 0 Å². The van der Waals surface area contributed by atoms with E-state index in [4.69, 9.17) is 10.5 Å². The van der Waals surface area contributed by atoms with Crippen molar-refractivity contribution in [1.82, 2.24) is 0 Å². The summed E-state index contributed by atoms with van der Waals surface area (Å²) in [4.78, 5) is 0. The number of benzene rings is 3. The summed E-state index contributed by atoms with van der Waals surface area (Å²) in [6.45, 7) is 6.28. The molecule has 0 fully saturated rings. The SMILES string of the molecule is CC[C@H](N)c1ccc(C)c(Oc2cccc3ccccc23)c1C. The molecule has 0 saturated heterocycles. The lowest BCUT2D eigenvalue weighted by Gasteiger charge is -2.19. The van der Waals surface area contributed by atoms with Gasteiger partial charge in [-0.25, -0.2) is 0 Å². The third kappa shape index (κ3) is 2.95. The van der Waals surface area contributed by atoms with E-state index in [-0.39, 0.29) is 6.04 Å². The fourth-order valence-electron chi connectivity index (χ4n) is 3.02. The van der Waals surface area contributed by atoms with Gasteiger partial charge in [-0.15, -0.1) is 0 Å². The fraction of sp³-hybridized carbons (Fsp3) is 0.238. The number of aryl methyl sites for hydroxylation is 1. The van der Waals surface area contributed by atoms with Gasteiger partial charge in [0.05, 0.1) is 0 Å². The summed E-state index contributed by atoms with van der Waals surface area (Å²) < 4.78 is 6.33. The summed E-state index contributed by atoms with van der Waals surface area (Å²) in [6, 6.07) is 18.7. The van der Waals surface area contributed by atoms with Gasteiger partial charge >= 0.3 is 0 Å². The zero-order chi connectivity index (χ0) is 16.4. The zero-order valence-electron chi connectivity index (χ0n) is 14.0. The van der Waals surface area contributed by atoms with E-state index in [1.807, 2.05) is 24.3 Å². The van der Waals surface area contributed by atoms with Crippen LogP contribution in [0.15, 0.2) is 54.6 Å². The molecule has 3 aromatic carbocycles. The molecule has 2 heteroatoms. The lowest BCUT2D eigenvalue weighted by atomic mass is 9.97. The summed E-state index contributed by atoms with van der Waals surface area (Å²) in [6.07, 6.45) is 0.914. The molecule has 0 aliphatic rings. The minimum absolute atomic E-state index is 0.0467.